The van der Waals surface area contributed by atoms with E-state index in [-0.39, 0.29) is 24.4 Å². The van der Waals surface area contributed by atoms with E-state index < -0.39 is 0 Å². The lowest BCUT2D eigenvalue weighted by molar-refractivity contribution is -0.118. The third-order valence-electron chi connectivity index (χ3n) is 1.33. The van der Waals surface area contributed by atoms with Crippen molar-refractivity contribution in [2.45, 2.75) is 0 Å². The molecule has 0 aromatic rings. The van der Waals surface area contributed by atoms with Gasteiger partial charge in [0, 0.05) is 7.05 Å². The van der Waals surface area contributed by atoms with E-state index in [0.717, 1.165) is 12.2 Å². The molecule has 0 rings (SSSR count). The maximum atomic E-state index is 10.5. The van der Waals surface area contributed by atoms with E-state index in [2.05, 4.69) is 35.7 Å². The summed E-state index contributed by atoms with van der Waals surface area (Å²) < 4.78 is 0. The Hall–Kier alpha value is -2.37. The second-order valence-electron chi connectivity index (χ2n) is 2.49. The Morgan fingerprint density at radius 1 is 0.882 bits per heavy atom. The van der Waals surface area contributed by atoms with Crippen molar-refractivity contribution in [3.05, 3.63) is 38.0 Å². The molecule has 0 aromatic carbocycles. The molecule has 0 bridgehead atoms. The Morgan fingerprint density at radius 3 is 1.41 bits per heavy atom. The molecule has 0 aliphatic rings. The van der Waals surface area contributed by atoms with Crippen LogP contribution >= 0.6 is 0 Å². The van der Waals surface area contributed by atoms with Crippen LogP contribution in [0.25, 0.3) is 0 Å². The summed E-state index contributed by atoms with van der Waals surface area (Å²) >= 11 is 0. The van der Waals surface area contributed by atoms with Gasteiger partial charge in [0.25, 0.3) is 0 Å². The van der Waals surface area contributed by atoms with Crippen molar-refractivity contribution in [2.24, 2.45) is 0 Å². The van der Waals surface area contributed by atoms with E-state index in [1.165, 1.54) is 6.08 Å². The number of likely N-dealkylation sites (N-methyl/N-ethyl adjacent to an activating group) is 1. The quantitative estimate of drug-likeness (QED) is 0.445. The molecule has 3 amide bonds. The average Bonchev–Trinajstić information content (AvgIpc) is 2.37. The SMILES string of the molecule is C=CC(=O)NC.C=CC(=O)NCNC(=O)C=C. The predicted octanol–water partition coefficient (Wildman–Crippen LogP) is -0.533. The van der Waals surface area contributed by atoms with Crippen LogP contribution in [-0.4, -0.2) is 31.4 Å². The highest BCUT2D eigenvalue weighted by Crippen LogP contribution is 1.65. The highest BCUT2D eigenvalue weighted by Gasteiger charge is 1.93. The summed E-state index contributed by atoms with van der Waals surface area (Å²) in [7, 11) is 1.56. The van der Waals surface area contributed by atoms with E-state index in [1.807, 2.05) is 0 Å². The molecule has 0 aliphatic carbocycles. The first kappa shape index (κ1) is 17.0. The number of carbonyl (C=O) groups is 3. The van der Waals surface area contributed by atoms with Crippen molar-refractivity contribution in [3.63, 3.8) is 0 Å². The molecule has 0 heterocycles. The van der Waals surface area contributed by atoms with Gasteiger partial charge in [-0.05, 0) is 18.2 Å². The first-order valence-electron chi connectivity index (χ1n) is 4.66. The topological polar surface area (TPSA) is 87.3 Å². The number of hydrogen-bond donors (Lipinski definition) is 3. The first-order valence-corrected chi connectivity index (χ1v) is 4.66. The minimum Gasteiger partial charge on any atom is -0.356 e. The zero-order chi connectivity index (χ0) is 13.7. The molecule has 94 valence electrons. The van der Waals surface area contributed by atoms with Crippen molar-refractivity contribution in [2.75, 3.05) is 13.7 Å². The zero-order valence-electron chi connectivity index (χ0n) is 9.79. The van der Waals surface area contributed by atoms with Gasteiger partial charge in [0.1, 0.15) is 0 Å². The second-order valence-corrected chi connectivity index (χ2v) is 2.49. The van der Waals surface area contributed by atoms with E-state index in [1.54, 1.807) is 7.05 Å². The molecular formula is C11H17N3O3. The van der Waals surface area contributed by atoms with Crippen molar-refractivity contribution in [1.29, 1.82) is 0 Å². The highest BCUT2D eigenvalue weighted by atomic mass is 16.2. The standard InChI is InChI=1S/C7H10N2O2.C4H7NO/c1-3-6(10)8-5-9-7(11)4-2;1-3-4(6)5-2/h3-4H,1-2,5H2,(H,8,10)(H,9,11);3H,1H2,2H3,(H,5,6). The fraction of sp³-hybridized carbons (Fsp3) is 0.182. The Morgan fingerprint density at radius 2 is 1.24 bits per heavy atom. The van der Waals surface area contributed by atoms with Crippen LogP contribution in [0, 0.1) is 0 Å². The molecule has 17 heavy (non-hydrogen) atoms. The molecule has 0 radical (unpaired) electrons. The van der Waals surface area contributed by atoms with Gasteiger partial charge < -0.3 is 16.0 Å². The fourth-order valence-electron chi connectivity index (χ4n) is 0.465. The summed E-state index contributed by atoms with van der Waals surface area (Å²) in [5, 5.41) is 7.08. The van der Waals surface area contributed by atoms with Crippen molar-refractivity contribution in [1.82, 2.24) is 16.0 Å². The normalized spacial score (nSPS) is 7.59. The van der Waals surface area contributed by atoms with Crippen LogP contribution < -0.4 is 16.0 Å². The van der Waals surface area contributed by atoms with Crippen LogP contribution in [0.1, 0.15) is 0 Å². The molecule has 0 fully saturated rings. The van der Waals surface area contributed by atoms with Crippen LogP contribution in [0.3, 0.4) is 0 Å². The molecule has 0 saturated carbocycles. The van der Waals surface area contributed by atoms with Gasteiger partial charge in [-0.25, -0.2) is 0 Å². The Balaban J connectivity index is 0. The maximum absolute atomic E-state index is 10.5. The molecule has 6 nitrogen and oxygen atoms in total. The number of amides is 3. The monoisotopic (exact) mass is 239 g/mol. The molecule has 0 unspecified atom stereocenters. The molecule has 0 aliphatic heterocycles. The van der Waals surface area contributed by atoms with Crippen LogP contribution in [0.4, 0.5) is 0 Å². The Labute approximate surface area is 100 Å². The number of nitrogens with one attached hydrogen (secondary N) is 3. The number of hydrogen-bond acceptors (Lipinski definition) is 3. The minimum absolute atomic E-state index is 0.0930. The van der Waals surface area contributed by atoms with Crippen LogP contribution in [-0.2, 0) is 14.4 Å². The lowest BCUT2D eigenvalue weighted by Crippen LogP contribution is -2.35. The van der Waals surface area contributed by atoms with Gasteiger partial charge in [-0.2, -0.15) is 0 Å². The smallest absolute Gasteiger partial charge is 0.244 e. The van der Waals surface area contributed by atoms with E-state index in [9.17, 15) is 14.4 Å². The van der Waals surface area contributed by atoms with Crippen LogP contribution in [0.15, 0.2) is 38.0 Å². The predicted molar refractivity (Wildman–Crippen MR) is 65.8 cm³/mol. The van der Waals surface area contributed by atoms with Gasteiger partial charge in [0.2, 0.25) is 17.7 Å². The lowest BCUT2D eigenvalue weighted by atomic mass is 10.5. The van der Waals surface area contributed by atoms with Crippen LogP contribution in [0.5, 0.6) is 0 Å². The van der Waals surface area contributed by atoms with Gasteiger partial charge in [-0.3, -0.25) is 14.4 Å². The minimum atomic E-state index is -0.325. The lowest BCUT2D eigenvalue weighted by Gasteiger charge is -2.01. The van der Waals surface area contributed by atoms with Gasteiger partial charge in [-0.1, -0.05) is 19.7 Å². The number of rotatable bonds is 5. The number of carbonyl (C=O) groups excluding carboxylic acids is 3. The molecule has 3 N–H and O–H groups in total. The van der Waals surface area contributed by atoms with Gasteiger partial charge >= 0.3 is 0 Å². The molecule has 0 spiro atoms. The van der Waals surface area contributed by atoms with Crippen molar-refractivity contribution < 1.29 is 14.4 Å². The van der Waals surface area contributed by atoms with Crippen LogP contribution in [0.2, 0.25) is 0 Å². The summed E-state index contributed by atoms with van der Waals surface area (Å²) in [5.41, 5.74) is 0. The zero-order valence-corrected chi connectivity index (χ0v) is 9.79. The average molecular weight is 239 g/mol. The second kappa shape index (κ2) is 11.7. The molecule has 6 heteroatoms. The summed E-state index contributed by atoms with van der Waals surface area (Å²) in [6.45, 7) is 9.78. The van der Waals surface area contributed by atoms with Gasteiger partial charge in [0.05, 0.1) is 6.67 Å². The van der Waals surface area contributed by atoms with E-state index in [4.69, 9.17) is 0 Å². The summed E-state index contributed by atoms with van der Waals surface area (Å²) in [6, 6.07) is 0. The molecule has 0 aromatic heterocycles. The Kier molecular flexibility index (Phi) is 11.7. The van der Waals surface area contributed by atoms with Crippen molar-refractivity contribution >= 4 is 17.7 Å². The van der Waals surface area contributed by atoms with Gasteiger partial charge in [-0.15, -0.1) is 0 Å². The van der Waals surface area contributed by atoms with Crippen molar-refractivity contribution in [3.8, 4) is 0 Å². The first-order chi connectivity index (χ1) is 8.01. The summed E-state index contributed by atoms with van der Waals surface area (Å²) in [4.78, 5) is 30.9. The largest absolute Gasteiger partial charge is 0.356 e. The van der Waals surface area contributed by atoms with Gasteiger partial charge in [0.15, 0.2) is 0 Å². The third kappa shape index (κ3) is 13.6. The Bertz CT molecular complexity index is 291. The molecule has 0 saturated heterocycles. The maximum Gasteiger partial charge on any atom is 0.244 e. The molecule has 0 atom stereocenters. The summed E-state index contributed by atoms with van der Waals surface area (Å²) in [5.74, 6) is -0.793. The summed E-state index contributed by atoms with van der Waals surface area (Å²) in [6.07, 6.45) is 3.47. The highest BCUT2D eigenvalue weighted by molar-refractivity contribution is 5.89. The van der Waals surface area contributed by atoms with E-state index >= 15 is 0 Å². The fourth-order valence-corrected chi connectivity index (χ4v) is 0.465. The molecular weight excluding hydrogens is 222 g/mol. The van der Waals surface area contributed by atoms with E-state index in [0.29, 0.717) is 0 Å². The third-order valence-corrected chi connectivity index (χ3v) is 1.33.